The molecule has 2 aromatic heterocycles. The summed E-state index contributed by atoms with van der Waals surface area (Å²) in [7, 11) is 5.41. The average molecular weight is 358 g/mol. The molecule has 140 valence electrons. The summed E-state index contributed by atoms with van der Waals surface area (Å²) in [5, 5.41) is 4.35. The Morgan fingerprint density at radius 1 is 1.35 bits per heavy atom. The van der Waals surface area contributed by atoms with Gasteiger partial charge < -0.3 is 14.5 Å². The van der Waals surface area contributed by atoms with Crippen LogP contribution in [0, 0.1) is 18.8 Å². The molecule has 3 heterocycles. The fraction of sp³-hybridized carbons (Fsp3) is 0.556. The second-order valence-electron chi connectivity index (χ2n) is 6.88. The molecule has 1 aliphatic heterocycles. The van der Waals surface area contributed by atoms with Crippen molar-refractivity contribution in [3.05, 3.63) is 35.9 Å². The minimum atomic E-state index is -0.138. The van der Waals surface area contributed by atoms with Crippen LogP contribution < -0.4 is 4.90 Å². The first-order chi connectivity index (χ1) is 12.5. The van der Waals surface area contributed by atoms with Crippen LogP contribution in [0.3, 0.4) is 0 Å². The molecule has 1 amide bonds. The van der Waals surface area contributed by atoms with Crippen LogP contribution in [0.2, 0.25) is 0 Å². The maximum Gasteiger partial charge on any atom is 0.227 e. The summed E-state index contributed by atoms with van der Waals surface area (Å²) in [5.74, 6) is 0.762. The highest BCUT2D eigenvalue weighted by Crippen LogP contribution is 2.28. The molecular weight excluding hydrogens is 332 g/mol. The molecule has 0 spiro atoms. The zero-order valence-electron chi connectivity index (χ0n) is 15.8. The van der Waals surface area contributed by atoms with Gasteiger partial charge in [0.2, 0.25) is 11.9 Å². The van der Waals surface area contributed by atoms with E-state index in [0.29, 0.717) is 32.2 Å². The van der Waals surface area contributed by atoms with Crippen LogP contribution in [0.15, 0.2) is 24.7 Å². The highest BCUT2D eigenvalue weighted by molar-refractivity contribution is 5.80. The van der Waals surface area contributed by atoms with E-state index >= 15 is 0 Å². The van der Waals surface area contributed by atoms with Crippen molar-refractivity contribution in [1.82, 2.24) is 24.6 Å². The first kappa shape index (κ1) is 18.3. The van der Waals surface area contributed by atoms with Crippen LogP contribution in [0.4, 0.5) is 5.95 Å². The summed E-state index contributed by atoms with van der Waals surface area (Å²) in [6.45, 7) is 4.38. The lowest BCUT2D eigenvalue weighted by Crippen LogP contribution is -2.37. The molecule has 2 aromatic rings. The van der Waals surface area contributed by atoms with Gasteiger partial charge in [-0.15, -0.1) is 0 Å². The van der Waals surface area contributed by atoms with Crippen LogP contribution in [-0.2, 0) is 23.1 Å². The minimum Gasteiger partial charge on any atom is -0.384 e. The lowest BCUT2D eigenvalue weighted by atomic mass is 9.95. The summed E-state index contributed by atoms with van der Waals surface area (Å²) >= 11 is 0. The third kappa shape index (κ3) is 3.85. The lowest BCUT2D eigenvalue weighted by molar-refractivity contribution is -0.135. The number of ether oxygens (including phenoxy) is 1. The van der Waals surface area contributed by atoms with E-state index in [1.54, 1.807) is 35.2 Å². The molecule has 0 radical (unpaired) electrons. The predicted octanol–water partition coefficient (Wildman–Crippen LogP) is 0.876. The van der Waals surface area contributed by atoms with E-state index in [1.165, 1.54) is 0 Å². The normalized spacial score (nSPS) is 19.8. The van der Waals surface area contributed by atoms with Crippen molar-refractivity contribution in [3.63, 3.8) is 0 Å². The number of anilines is 1. The number of carbonyl (C=O) groups excluding carboxylic acids is 1. The summed E-state index contributed by atoms with van der Waals surface area (Å²) in [6, 6.07) is 1.79. The Bertz CT molecular complexity index is 747. The van der Waals surface area contributed by atoms with Gasteiger partial charge >= 0.3 is 0 Å². The number of hydrogen-bond acceptors (Lipinski definition) is 6. The third-order valence-corrected chi connectivity index (χ3v) is 4.87. The Morgan fingerprint density at radius 3 is 2.69 bits per heavy atom. The molecular formula is C18H26N6O2. The quantitative estimate of drug-likeness (QED) is 0.763. The topological polar surface area (TPSA) is 76.4 Å². The minimum absolute atomic E-state index is 0.119. The van der Waals surface area contributed by atoms with Crippen molar-refractivity contribution in [2.45, 2.75) is 13.5 Å². The number of aromatic nitrogens is 4. The lowest BCUT2D eigenvalue weighted by Gasteiger charge is -2.24. The first-order valence-electron chi connectivity index (χ1n) is 8.74. The summed E-state index contributed by atoms with van der Waals surface area (Å²) in [5.41, 5.74) is 2.01. The number of methoxy groups -OCH3 is 1. The number of hydrogen-bond donors (Lipinski definition) is 0. The van der Waals surface area contributed by atoms with E-state index in [2.05, 4.69) is 20.0 Å². The molecule has 0 aromatic carbocycles. The SMILES string of the molecule is COC[C@@H]1CN(c2ncccn2)C[C@H]1C(=O)N(C)Cc1cn(C)nc1C. The second kappa shape index (κ2) is 7.82. The van der Waals surface area contributed by atoms with Gasteiger partial charge in [0.25, 0.3) is 0 Å². The van der Waals surface area contributed by atoms with Gasteiger partial charge in [-0.3, -0.25) is 9.48 Å². The Kier molecular flexibility index (Phi) is 5.51. The zero-order valence-corrected chi connectivity index (χ0v) is 15.8. The Hall–Kier alpha value is -2.48. The molecule has 0 saturated carbocycles. The van der Waals surface area contributed by atoms with Gasteiger partial charge in [0.05, 0.1) is 18.2 Å². The fourth-order valence-corrected chi connectivity index (χ4v) is 3.57. The van der Waals surface area contributed by atoms with Crippen molar-refractivity contribution in [2.75, 3.05) is 38.8 Å². The standard InChI is InChI=1S/C18H26N6O2/c1-13-14(9-23(3)21-13)8-22(2)17(25)16-11-24(10-15(16)12-26-4)18-19-6-5-7-20-18/h5-7,9,15-16H,8,10-12H2,1-4H3/t15-,16+/m0/s1. The smallest absolute Gasteiger partial charge is 0.227 e. The van der Waals surface area contributed by atoms with Gasteiger partial charge in [-0.2, -0.15) is 5.10 Å². The fourth-order valence-electron chi connectivity index (χ4n) is 3.57. The molecule has 8 heteroatoms. The van der Waals surface area contributed by atoms with Crippen LogP contribution in [0.5, 0.6) is 0 Å². The summed E-state index contributed by atoms with van der Waals surface area (Å²) in [4.78, 5) is 25.6. The maximum absolute atomic E-state index is 13.1. The molecule has 1 fully saturated rings. The maximum atomic E-state index is 13.1. The van der Waals surface area contributed by atoms with Gasteiger partial charge in [-0.05, 0) is 13.0 Å². The number of rotatable bonds is 6. The van der Waals surface area contributed by atoms with E-state index in [1.807, 2.05) is 27.2 Å². The van der Waals surface area contributed by atoms with Gasteiger partial charge in [0.15, 0.2) is 0 Å². The van der Waals surface area contributed by atoms with Gasteiger partial charge in [0.1, 0.15) is 0 Å². The Morgan fingerprint density at radius 2 is 2.08 bits per heavy atom. The molecule has 0 N–H and O–H groups in total. The number of carbonyl (C=O) groups is 1. The largest absolute Gasteiger partial charge is 0.384 e. The predicted molar refractivity (Wildman–Crippen MR) is 97.5 cm³/mol. The number of nitrogens with zero attached hydrogens (tertiary/aromatic N) is 6. The van der Waals surface area contributed by atoms with Crippen LogP contribution in [-0.4, -0.2) is 64.4 Å². The third-order valence-electron chi connectivity index (χ3n) is 4.87. The molecule has 0 bridgehead atoms. The second-order valence-corrected chi connectivity index (χ2v) is 6.88. The molecule has 2 atom stereocenters. The molecule has 1 aliphatic rings. The van der Waals surface area contributed by atoms with Crippen molar-refractivity contribution >= 4 is 11.9 Å². The monoisotopic (exact) mass is 358 g/mol. The first-order valence-corrected chi connectivity index (χ1v) is 8.74. The Labute approximate surface area is 153 Å². The van der Waals surface area contributed by atoms with Crippen LogP contribution in [0.25, 0.3) is 0 Å². The molecule has 3 rings (SSSR count). The highest BCUT2D eigenvalue weighted by Gasteiger charge is 2.39. The summed E-state index contributed by atoms with van der Waals surface area (Å²) in [6.07, 6.45) is 5.41. The average Bonchev–Trinajstić information content (AvgIpc) is 3.18. The van der Waals surface area contributed by atoms with Gasteiger partial charge in [-0.1, -0.05) is 0 Å². The Balaban J connectivity index is 1.72. The number of amides is 1. The van der Waals surface area contributed by atoms with Crippen LogP contribution >= 0.6 is 0 Å². The van der Waals surface area contributed by atoms with E-state index in [9.17, 15) is 4.79 Å². The molecule has 1 saturated heterocycles. The van der Waals surface area contributed by atoms with E-state index in [4.69, 9.17) is 4.74 Å². The van der Waals surface area contributed by atoms with Crippen molar-refractivity contribution in [2.24, 2.45) is 18.9 Å². The van der Waals surface area contributed by atoms with Crippen molar-refractivity contribution < 1.29 is 9.53 Å². The molecule has 0 aliphatic carbocycles. The van der Waals surface area contributed by atoms with Crippen molar-refractivity contribution in [1.29, 1.82) is 0 Å². The highest BCUT2D eigenvalue weighted by atomic mass is 16.5. The van der Waals surface area contributed by atoms with Gasteiger partial charge in [0, 0.05) is 70.9 Å². The van der Waals surface area contributed by atoms with E-state index in [-0.39, 0.29) is 17.7 Å². The molecule has 8 nitrogen and oxygen atoms in total. The molecule has 26 heavy (non-hydrogen) atoms. The van der Waals surface area contributed by atoms with Crippen LogP contribution in [0.1, 0.15) is 11.3 Å². The van der Waals surface area contributed by atoms with E-state index < -0.39 is 0 Å². The number of aryl methyl sites for hydroxylation is 2. The summed E-state index contributed by atoms with van der Waals surface area (Å²) < 4.78 is 7.14. The zero-order chi connectivity index (χ0) is 18.7. The van der Waals surface area contributed by atoms with Gasteiger partial charge in [-0.25, -0.2) is 9.97 Å². The molecule has 0 unspecified atom stereocenters. The van der Waals surface area contributed by atoms with Crippen molar-refractivity contribution in [3.8, 4) is 0 Å². The van der Waals surface area contributed by atoms with E-state index in [0.717, 1.165) is 11.3 Å².